The first-order chi connectivity index (χ1) is 26.1. The second kappa shape index (κ2) is 17.3. The Hall–Kier alpha value is -6.55. The normalized spacial score (nSPS) is 11.6. The number of benzene rings is 5. The molecule has 0 aliphatic heterocycles. The standard InChI is InChI=1S/C44H41NO9/c1-28(2)21-35(45-29(3)46)44(49)54-43-41(48)40-36(47)23-34(50-25-30-13-7-4-8-14-30)24-39(40)53-42(43)33-19-20-37(51-26-31-15-9-5-10-16-31)38(22-33)52-27-32-17-11-6-12-18-32/h4-20,22-24,28,35,47H,21,25-27H2,1-3H3,(H,45,46)/t35-/m0/s1. The molecule has 54 heavy (non-hydrogen) atoms. The summed E-state index contributed by atoms with van der Waals surface area (Å²) in [4.78, 5) is 40.0. The average molecular weight is 728 g/mol. The van der Waals surface area contributed by atoms with Crippen LogP contribution in [0.4, 0.5) is 0 Å². The molecule has 5 aromatic carbocycles. The molecule has 0 saturated carbocycles. The minimum Gasteiger partial charge on any atom is -0.507 e. The van der Waals surface area contributed by atoms with Crippen molar-refractivity contribution >= 4 is 22.8 Å². The number of esters is 1. The van der Waals surface area contributed by atoms with Crippen molar-refractivity contribution < 1.29 is 38.1 Å². The first-order valence-electron chi connectivity index (χ1n) is 17.6. The summed E-state index contributed by atoms with van der Waals surface area (Å²) in [5.41, 5.74) is 2.28. The minimum absolute atomic E-state index is 0.00499. The molecule has 0 unspecified atom stereocenters. The summed E-state index contributed by atoms with van der Waals surface area (Å²) in [6, 6.07) is 35.5. The molecule has 1 aromatic heterocycles. The molecule has 0 bridgehead atoms. The summed E-state index contributed by atoms with van der Waals surface area (Å²) in [6.07, 6.45) is 0.255. The van der Waals surface area contributed by atoms with Gasteiger partial charge in [0.25, 0.3) is 0 Å². The van der Waals surface area contributed by atoms with Crippen molar-refractivity contribution in [2.75, 3.05) is 0 Å². The number of phenolic OH excluding ortho intramolecular Hbond substituents is 1. The van der Waals surface area contributed by atoms with Crippen molar-refractivity contribution in [2.45, 2.75) is 53.1 Å². The first kappa shape index (κ1) is 37.2. The van der Waals surface area contributed by atoms with Crippen molar-refractivity contribution in [2.24, 2.45) is 5.92 Å². The van der Waals surface area contributed by atoms with Gasteiger partial charge in [0.05, 0.1) is 0 Å². The van der Waals surface area contributed by atoms with Crippen LogP contribution in [0.3, 0.4) is 0 Å². The summed E-state index contributed by atoms with van der Waals surface area (Å²) in [5, 5.41) is 13.5. The third-order valence-electron chi connectivity index (χ3n) is 8.41. The molecule has 1 atom stereocenters. The monoisotopic (exact) mass is 727 g/mol. The van der Waals surface area contributed by atoms with E-state index in [1.54, 1.807) is 18.2 Å². The highest BCUT2D eigenvalue weighted by molar-refractivity contribution is 5.91. The van der Waals surface area contributed by atoms with E-state index in [0.29, 0.717) is 17.1 Å². The molecule has 0 aliphatic carbocycles. The maximum absolute atomic E-state index is 14.3. The molecule has 0 fully saturated rings. The Morgan fingerprint density at radius 1 is 0.722 bits per heavy atom. The van der Waals surface area contributed by atoms with Crippen LogP contribution < -0.4 is 29.7 Å². The second-order valence-corrected chi connectivity index (χ2v) is 13.2. The predicted molar refractivity (Wildman–Crippen MR) is 205 cm³/mol. The van der Waals surface area contributed by atoms with Crippen molar-refractivity contribution in [3.8, 4) is 40.1 Å². The highest BCUT2D eigenvalue weighted by Crippen LogP contribution is 2.40. The Labute approximate surface area is 312 Å². The van der Waals surface area contributed by atoms with Crippen LogP contribution in [0.15, 0.2) is 131 Å². The number of fused-ring (bicyclic) bond motifs is 1. The topological polar surface area (TPSA) is 134 Å². The molecule has 2 N–H and O–H groups in total. The molecule has 0 spiro atoms. The van der Waals surface area contributed by atoms with Crippen LogP contribution in [-0.2, 0) is 29.4 Å². The van der Waals surface area contributed by atoms with E-state index in [9.17, 15) is 19.5 Å². The lowest BCUT2D eigenvalue weighted by Gasteiger charge is -2.20. The second-order valence-electron chi connectivity index (χ2n) is 13.2. The zero-order chi connectivity index (χ0) is 38.0. The van der Waals surface area contributed by atoms with Crippen molar-refractivity contribution in [3.05, 3.63) is 148 Å². The summed E-state index contributed by atoms with van der Waals surface area (Å²) in [5.74, 6) is -1.27. The number of ether oxygens (including phenoxy) is 4. The number of hydrogen-bond acceptors (Lipinski definition) is 9. The van der Waals surface area contributed by atoms with Gasteiger partial charge in [0.1, 0.15) is 48.3 Å². The van der Waals surface area contributed by atoms with Crippen LogP contribution in [0.2, 0.25) is 0 Å². The van der Waals surface area contributed by atoms with Gasteiger partial charge in [-0.2, -0.15) is 0 Å². The van der Waals surface area contributed by atoms with Gasteiger partial charge < -0.3 is 33.8 Å². The molecule has 0 radical (unpaired) electrons. The van der Waals surface area contributed by atoms with Crippen LogP contribution in [0.5, 0.6) is 28.7 Å². The lowest BCUT2D eigenvalue weighted by molar-refractivity contribution is -0.139. The predicted octanol–water partition coefficient (Wildman–Crippen LogP) is 8.36. The van der Waals surface area contributed by atoms with Crippen molar-refractivity contribution in [3.63, 3.8) is 0 Å². The van der Waals surface area contributed by atoms with E-state index < -0.39 is 34.8 Å². The van der Waals surface area contributed by atoms with Crippen LogP contribution in [-0.4, -0.2) is 23.0 Å². The van der Waals surface area contributed by atoms with Crippen LogP contribution >= 0.6 is 0 Å². The molecule has 10 heteroatoms. The van der Waals surface area contributed by atoms with Gasteiger partial charge in [0, 0.05) is 24.6 Å². The van der Waals surface area contributed by atoms with E-state index in [1.807, 2.05) is 105 Å². The summed E-state index contributed by atoms with van der Waals surface area (Å²) >= 11 is 0. The van der Waals surface area contributed by atoms with Crippen molar-refractivity contribution in [1.82, 2.24) is 5.32 Å². The highest BCUT2D eigenvalue weighted by atomic mass is 16.5. The van der Waals surface area contributed by atoms with Gasteiger partial charge in [-0.3, -0.25) is 9.59 Å². The number of carbonyl (C=O) groups excluding carboxylic acids is 2. The summed E-state index contributed by atoms with van der Waals surface area (Å²) < 4.78 is 30.6. The third-order valence-corrected chi connectivity index (χ3v) is 8.41. The van der Waals surface area contributed by atoms with E-state index in [1.165, 1.54) is 19.1 Å². The van der Waals surface area contributed by atoms with Gasteiger partial charge in [-0.25, -0.2) is 4.79 Å². The molecular weight excluding hydrogens is 686 g/mol. The van der Waals surface area contributed by atoms with Gasteiger partial charge in [-0.05, 0) is 47.2 Å². The zero-order valence-electron chi connectivity index (χ0n) is 30.2. The summed E-state index contributed by atoms with van der Waals surface area (Å²) in [6.45, 7) is 5.76. The average Bonchev–Trinajstić information content (AvgIpc) is 3.17. The fraction of sp³-hybridized carbons (Fsp3) is 0.205. The quantitative estimate of drug-likeness (QED) is 0.100. The Kier molecular flexibility index (Phi) is 11.9. The van der Waals surface area contributed by atoms with Gasteiger partial charge >= 0.3 is 5.97 Å². The first-order valence-corrected chi connectivity index (χ1v) is 17.6. The molecule has 6 rings (SSSR count). The molecule has 0 aliphatic rings. The van der Waals surface area contributed by atoms with E-state index in [2.05, 4.69) is 5.32 Å². The van der Waals surface area contributed by atoms with Gasteiger partial charge in [0.2, 0.25) is 17.1 Å². The molecule has 276 valence electrons. The number of amides is 1. The smallest absolute Gasteiger partial charge is 0.334 e. The Bertz CT molecular complexity index is 2270. The fourth-order valence-electron chi connectivity index (χ4n) is 5.82. The minimum atomic E-state index is -1.05. The zero-order valence-corrected chi connectivity index (χ0v) is 30.2. The Morgan fingerprint density at radius 3 is 1.83 bits per heavy atom. The lowest BCUT2D eigenvalue weighted by Crippen LogP contribution is -2.43. The van der Waals surface area contributed by atoms with E-state index in [0.717, 1.165) is 16.7 Å². The van der Waals surface area contributed by atoms with E-state index in [4.69, 9.17) is 23.4 Å². The maximum atomic E-state index is 14.3. The van der Waals surface area contributed by atoms with Crippen molar-refractivity contribution in [1.29, 1.82) is 0 Å². The fourth-order valence-corrected chi connectivity index (χ4v) is 5.82. The largest absolute Gasteiger partial charge is 0.507 e. The molecule has 6 aromatic rings. The number of phenols is 1. The lowest BCUT2D eigenvalue weighted by atomic mass is 10.0. The Balaban J connectivity index is 1.45. The molecular formula is C44H41NO9. The molecule has 1 heterocycles. The number of aromatic hydroxyl groups is 1. The van der Waals surface area contributed by atoms with Gasteiger partial charge in [0.15, 0.2) is 17.3 Å². The number of rotatable bonds is 15. The number of hydrogen-bond donors (Lipinski definition) is 2. The number of nitrogens with one attached hydrogen (secondary N) is 1. The Morgan fingerprint density at radius 2 is 1.28 bits per heavy atom. The third kappa shape index (κ3) is 9.46. The van der Waals surface area contributed by atoms with E-state index in [-0.39, 0.29) is 54.6 Å². The van der Waals surface area contributed by atoms with Gasteiger partial charge in [-0.1, -0.05) is 105 Å². The maximum Gasteiger partial charge on any atom is 0.334 e. The SMILES string of the molecule is CC(=O)N[C@@H](CC(C)C)C(=O)Oc1c(-c2ccc(OCc3ccccc3)c(OCc3ccccc3)c2)oc2cc(OCc3ccccc3)cc(O)c2c1=O. The highest BCUT2D eigenvalue weighted by Gasteiger charge is 2.29. The van der Waals surface area contributed by atoms with Crippen LogP contribution in [0.1, 0.15) is 43.9 Å². The van der Waals surface area contributed by atoms with E-state index >= 15 is 0 Å². The van der Waals surface area contributed by atoms with Gasteiger partial charge in [-0.15, -0.1) is 0 Å². The van der Waals surface area contributed by atoms with Crippen LogP contribution in [0.25, 0.3) is 22.3 Å². The molecule has 10 nitrogen and oxygen atoms in total. The number of carbonyl (C=O) groups is 2. The molecule has 0 saturated heterocycles. The van der Waals surface area contributed by atoms with Crippen LogP contribution in [0, 0.1) is 5.92 Å². The summed E-state index contributed by atoms with van der Waals surface area (Å²) in [7, 11) is 0. The molecule has 1 amide bonds.